The average molecular weight is 353 g/mol. The zero-order valence-corrected chi connectivity index (χ0v) is 15.9. The molecule has 0 aliphatic heterocycles. The summed E-state index contributed by atoms with van der Waals surface area (Å²) in [5.74, 6) is 0.0813. The van der Waals surface area contributed by atoms with Crippen molar-refractivity contribution < 1.29 is 19.7 Å². The van der Waals surface area contributed by atoms with Gasteiger partial charge in [-0.05, 0) is 56.8 Å². The first kappa shape index (κ1) is 21.9. The third kappa shape index (κ3) is 8.68. The first-order valence-corrected chi connectivity index (χ1v) is 9.83. The largest absolute Gasteiger partial charge is 0.469 e. The van der Waals surface area contributed by atoms with Crippen LogP contribution >= 0.6 is 0 Å². The summed E-state index contributed by atoms with van der Waals surface area (Å²) in [5, 5.41) is 20.5. The van der Waals surface area contributed by atoms with Crippen molar-refractivity contribution in [1.29, 1.82) is 0 Å². The molecule has 0 heterocycles. The predicted molar refractivity (Wildman–Crippen MR) is 101 cm³/mol. The van der Waals surface area contributed by atoms with E-state index >= 15 is 0 Å². The van der Waals surface area contributed by atoms with E-state index in [0.717, 1.165) is 32.1 Å². The highest BCUT2D eigenvalue weighted by Gasteiger charge is 2.39. The third-order valence-corrected chi connectivity index (χ3v) is 5.12. The Morgan fingerprint density at radius 2 is 1.52 bits per heavy atom. The van der Waals surface area contributed by atoms with Gasteiger partial charge in [0.2, 0.25) is 0 Å². The van der Waals surface area contributed by atoms with Crippen LogP contribution in [-0.2, 0) is 9.53 Å². The minimum absolute atomic E-state index is 0.118. The van der Waals surface area contributed by atoms with Crippen LogP contribution in [0.15, 0.2) is 24.3 Å². The molecule has 4 heteroatoms. The maximum Gasteiger partial charge on any atom is 0.305 e. The highest BCUT2D eigenvalue weighted by atomic mass is 16.5. The van der Waals surface area contributed by atoms with Gasteiger partial charge >= 0.3 is 5.97 Å². The zero-order valence-electron chi connectivity index (χ0n) is 15.9. The molecule has 0 aromatic carbocycles. The number of hydrogen-bond donors (Lipinski definition) is 2. The second-order valence-electron chi connectivity index (χ2n) is 7.08. The summed E-state index contributed by atoms with van der Waals surface area (Å²) in [6.45, 7) is 2.20. The smallest absolute Gasteiger partial charge is 0.305 e. The molecule has 4 atom stereocenters. The lowest BCUT2D eigenvalue weighted by atomic mass is 9.87. The van der Waals surface area contributed by atoms with Crippen LogP contribution in [0.4, 0.5) is 0 Å². The summed E-state index contributed by atoms with van der Waals surface area (Å²) in [7, 11) is 1.41. The van der Waals surface area contributed by atoms with Gasteiger partial charge in [0.25, 0.3) is 0 Å². The fourth-order valence-electron chi connectivity index (χ4n) is 3.55. The number of aliphatic hydroxyl groups excluding tert-OH is 2. The van der Waals surface area contributed by atoms with E-state index in [0.29, 0.717) is 12.8 Å². The molecule has 0 aromatic rings. The molecule has 1 saturated carbocycles. The quantitative estimate of drug-likeness (QED) is 0.314. The summed E-state index contributed by atoms with van der Waals surface area (Å²) in [4.78, 5) is 11.0. The lowest BCUT2D eigenvalue weighted by Gasteiger charge is -2.21. The van der Waals surface area contributed by atoms with Gasteiger partial charge in [0.15, 0.2) is 0 Å². The molecular weight excluding hydrogens is 316 g/mol. The van der Waals surface area contributed by atoms with Crippen molar-refractivity contribution in [3.8, 4) is 0 Å². The van der Waals surface area contributed by atoms with E-state index < -0.39 is 12.2 Å². The van der Waals surface area contributed by atoms with Crippen LogP contribution in [0.3, 0.4) is 0 Å². The molecule has 1 fully saturated rings. The van der Waals surface area contributed by atoms with E-state index in [-0.39, 0.29) is 17.8 Å². The number of unbranched alkanes of at least 4 members (excludes halogenated alkanes) is 4. The molecule has 0 unspecified atom stereocenters. The van der Waals surface area contributed by atoms with Gasteiger partial charge in [-0.2, -0.15) is 0 Å². The van der Waals surface area contributed by atoms with Gasteiger partial charge in [-0.15, -0.1) is 0 Å². The lowest BCUT2D eigenvalue weighted by Crippen LogP contribution is -2.21. The fourth-order valence-corrected chi connectivity index (χ4v) is 3.55. The molecule has 0 saturated heterocycles. The number of allylic oxidation sites excluding steroid dienone is 4. The first-order chi connectivity index (χ1) is 12.1. The average Bonchev–Trinajstić information content (AvgIpc) is 2.87. The van der Waals surface area contributed by atoms with Crippen LogP contribution in [0, 0.1) is 11.8 Å². The lowest BCUT2D eigenvalue weighted by molar-refractivity contribution is -0.140. The van der Waals surface area contributed by atoms with Crippen molar-refractivity contribution in [1.82, 2.24) is 0 Å². The Balaban J connectivity index is 2.34. The van der Waals surface area contributed by atoms with Gasteiger partial charge in [0, 0.05) is 6.42 Å². The molecule has 2 N–H and O–H groups in total. The van der Waals surface area contributed by atoms with E-state index in [4.69, 9.17) is 0 Å². The van der Waals surface area contributed by atoms with Crippen LogP contribution in [0.25, 0.3) is 0 Å². The molecule has 1 aliphatic rings. The van der Waals surface area contributed by atoms with Crippen LogP contribution < -0.4 is 0 Å². The van der Waals surface area contributed by atoms with Crippen molar-refractivity contribution in [3.63, 3.8) is 0 Å². The van der Waals surface area contributed by atoms with Gasteiger partial charge in [-0.25, -0.2) is 0 Å². The number of ether oxygens (including phenoxy) is 1. The highest BCUT2D eigenvalue weighted by Crippen LogP contribution is 2.37. The molecule has 0 radical (unpaired) electrons. The van der Waals surface area contributed by atoms with Gasteiger partial charge < -0.3 is 14.9 Å². The Morgan fingerprint density at radius 3 is 2.04 bits per heavy atom. The van der Waals surface area contributed by atoms with Crippen molar-refractivity contribution in [2.45, 2.75) is 83.3 Å². The molecule has 4 nitrogen and oxygen atoms in total. The van der Waals surface area contributed by atoms with Gasteiger partial charge in [0.05, 0.1) is 19.3 Å². The number of methoxy groups -OCH3 is 1. The third-order valence-electron chi connectivity index (χ3n) is 5.12. The Labute approximate surface area is 153 Å². The molecule has 0 spiro atoms. The monoisotopic (exact) mass is 352 g/mol. The minimum Gasteiger partial charge on any atom is -0.469 e. The van der Waals surface area contributed by atoms with Crippen LogP contribution in [0.2, 0.25) is 0 Å². The molecule has 0 aromatic heterocycles. The van der Waals surface area contributed by atoms with Gasteiger partial charge in [-0.3, -0.25) is 4.79 Å². The molecule has 0 bridgehead atoms. The summed E-state index contributed by atoms with van der Waals surface area (Å²) in [5.41, 5.74) is 0. The van der Waals surface area contributed by atoms with Crippen molar-refractivity contribution in [3.05, 3.63) is 24.3 Å². The van der Waals surface area contributed by atoms with E-state index in [1.54, 1.807) is 0 Å². The second-order valence-corrected chi connectivity index (χ2v) is 7.08. The number of carbonyl (C=O) groups is 1. The van der Waals surface area contributed by atoms with Crippen molar-refractivity contribution >= 4 is 5.97 Å². The number of hydrogen-bond acceptors (Lipinski definition) is 4. The van der Waals surface area contributed by atoms with Crippen molar-refractivity contribution in [2.75, 3.05) is 7.11 Å². The summed E-state index contributed by atoms with van der Waals surface area (Å²) in [6.07, 6.45) is 16.7. The number of rotatable bonds is 12. The first-order valence-electron chi connectivity index (χ1n) is 9.83. The van der Waals surface area contributed by atoms with Crippen LogP contribution in [0.1, 0.15) is 71.1 Å². The maximum absolute atomic E-state index is 11.0. The molecule has 1 aliphatic carbocycles. The summed E-state index contributed by atoms with van der Waals surface area (Å²) >= 11 is 0. The summed E-state index contributed by atoms with van der Waals surface area (Å²) in [6, 6.07) is 0. The van der Waals surface area contributed by atoms with E-state index in [1.807, 2.05) is 0 Å². The SMILES string of the molecule is CCCCC/C=C/C[C@@H]1[C@@H](C/C=C\CCCC(=O)OC)[C@@H](O)C[C@H]1O. The van der Waals surface area contributed by atoms with Crippen molar-refractivity contribution in [2.24, 2.45) is 11.8 Å². The van der Waals surface area contributed by atoms with Gasteiger partial charge in [-0.1, -0.05) is 44.1 Å². The Kier molecular flexibility index (Phi) is 11.5. The van der Waals surface area contributed by atoms with E-state index in [1.165, 1.54) is 26.4 Å². The molecule has 25 heavy (non-hydrogen) atoms. The van der Waals surface area contributed by atoms with Crippen LogP contribution in [-0.4, -0.2) is 35.5 Å². The predicted octanol–water partition coefficient (Wildman–Crippen LogP) is 4.16. The van der Waals surface area contributed by atoms with E-state index in [9.17, 15) is 15.0 Å². The molecule has 0 amide bonds. The van der Waals surface area contributed by atoms with Crippen LogP contribution in [0.5, 0.6) is 0 Å². The highest BCUT2D eigenvalue weighted by molar-refractivity contribution is 5.69. The topological polar surface area (TPSA) is 66.8 Å². The van der Waals surface area contributed by atoms with Gasteiger partial charge in [0.1, 0.15) is 0 Å². The number of carbonyl (C=O) groups excluding carboxylic acids is 1. The minimum atomic E-state index is -0.423. The molecular formula is C21H36O4. The maximum atomic E-state index is 11.0. The number of esters is 1. The standard InChI is InChI=1S/C21H36O4/c1-3-4-5-6-7-10-13-17-18(20(23)16-19(17)22)14-11-8-9-12-15-21(24)25-2/h7-8,10-11,17-20,22-23H,3-6,9,12-16H2,1-2H3/b10-7+,11-8-/t17-,18-,19-,20+/m1/s1. The normalized spacial score (nSPS) is 26.7. The summed E-state index contributed by atoms with van der Waals surface area (Å²) < 4.78 is 4.62. The molecule has 144 valence electrons. The fraction of sp³-hybridized carbons (Fsp3) is 0.762. The zero-order chi connectivity index (χ0) is 18.5. The second kappa shape index (κ2) is 13.1. The molecule has 1 rings (SSSR count). The Bertz CT molecular complexity index is 416. The van der Waals surface area contributed by atoms with E-state index in [2.05, 4.69) is 36.0 Å². The Morgan fingerprint density at radius 1 is 0.960 bits per heavy atom. The number of aliphatic hydroxyl groups is 2. The Hall–Kier alpha value is -1.13.